The Hall–Kier alpha value is -1.73. The molecule has 0 aromatic rings. The van der Waals surface area contributed by atoms with Crippen molar-refractivity contribution in [2.24, 2.45) is 51.1 Å². The van der Waals surface area contributed by atoms with Crippen molar-refractivity contribution in [1.29, 1.82) is 5.26 Å². The van der Waals surface area contributed by atoms with E-state index in [1.165, 1.54) is 5.57 Å². The van der Waals surface area contributed by atoms with Crippen molar-refractivity contribution in [2.45, 2.75) is 92.0 Å². The number of allylic oxidation sites excluding steroid dienone is 4. The number of carbonyl (C=O) groups excluding carboxylic acids is 2. The first kappa shape index (κ1) is 23.0. The van der Waals surface area contributed by atoms with Gasteiger partial charge in [0.15, 0.2) is 11.6 Å². The van der Waals surface area contributed by atoms with Crippen LogP contribution in [0.4, 0.5) is 0 Å². The SMILES string of the molecule is C[C@@H]1C(=O)C(C#N)=C[C@]2(C)C3=CC(=O)C4C5CC(C)(C)CC[C@]5(N)CC[C@@]4(C)[C@]3(C)CCC12. The Balaban J connectivity index is 1.68. The molecule has 0 heterocycles. The Morgan fingerprint density at radius 2 is 1.67 bits per heavy atom. The summed E-state index contributed by atoms with van der Waals surface area (Å²) >= 11 is 0. The van der Waals surface area contributed by atoms with Crippen molar-refractivity contribution in [3.63, 3.8) is 0 Å². The van der Waals surface area contributed by atoms with Gasteiger partial charge in [-0.25, -0.2) is 0 Å². The molecule has 3 saturated carbocycles. The van der Waals surface area contributed by atoms with Crippen LogP contribution in [0.5, 0.6) is 0 Å². The van der Waals surface area contributed by atoms with Gasteiger partial charge in [0.25, 0.3) is 0 Å². The van der Waals surface area contributed by atoms with Crippen molar-refractivity contribution >= 4 is 11.6 Å². The smallest absolute Gasteiger partial charge is 0.176 e. The highest BCUT2D eigenvalue weighted by Crippen LogP contribution is 2.72. The summed E-state index contributed by atoms with van der Waals surface area (Å²) in [6, 6.07) is 2.16. The fourth-order valence-corrected chi connectivity index (χ4v) is 9.29. The molecule has 0 bridgehead atoms. The molecule has 0 saturated heterocycles. The molecule has 8 atom stereocenters. The predicted molar refractivity (Wildman–Crippen MR) is 129 cm³/mol. The third kappa shape index (κ3) is 2.78. The summed E-state index contributed by atoms with van der Waals surface area (Å²) in [6.07, 6.45) is 10.9. The number of rotatable bonds is 0. The van der Waals surface area contributed by atoms with E-state index in [1.54, 1.807) is 0 Å². The summed E-state index contributed by atoms with van der Waals surface area (Å²) in [4.78, 5) is 26.9. The molecule has 4 nitrogen and oxygen atoms in total. The van der Waals surface area contributed by atoms with Crippen LogP contribution in [0, 0.1) is 56.7 Å². The fourth-order valence-electron chi connectivity index (χ4n) is 9.29. The first-order valence-electron chi connectivity index (χ1n) is 13.0. The van der Waals surface area contributed by atoms with E-state index in [0.717, 1.165) is 44.9 Å². The summed E-state index contributed by atoms with van der Waals surface area (Å²) in [5.41, 5.74) is 7.75. The molecular formula is C29H40N2O2. The summed E-state index contributed by atoms with van der Waals surface area (Å²) in [6.45, 7) is 13.5. The number of nitriles is 1. The zero-order chi connectivity index (χ0) is 24.2. The third-order valence-corrected chi connectivity index (χ3v) is 11.6. The Bertz CT molecular complexity index is 1050. The number of hydrogen-bond acceptors (Lipinski definition) is 4. The topological polar surface area (TPSA) is 84.0 Å². The van der Waals surface area contributed by atoms with Gasteiger partial charge in [-0.05, 0) is 79.1 Å². The molecule has 0 aromatic carbocycles. The van der Waals surface area contributed by atoms with Gasteiger partial charge in [0.1, 0.15) is 6.07 Å². The van der Waals surface area contributed by atoms with Crippen LogP contribution in [0.2, 0.25) is 0 Å². The first-order valence-corrected chi connectivity index (χ1v) is 13.0. The molecule has 33 heavy (non-hydrogen) atoms. The Morgan fingerprint density at radius 3 is 2.33 bits per heavy atom. The molecule has 4 heteroatoms. The lowest BCUT2D eigenvalue weighted by Crippen LogP contribution is -2.68. The van der Waals surface area contributed by atoms with E-state index in [0.29, 0.717) is 0 Å². The number of nitrogens with zero attached hydrogens (tertiary/aromatic N) is 1. The largest absolute Gasteiger partial charge is 0.325 e. The van der Waals surface area contributed by atoms with Crippen molar-refractivity contribution in [3.8, 4) is 6.07 Å². The maximum atomic E-state index is 14.1. The molecule has 178 valence electrons. The number of Topliss-reactive ketones (excluding diaryl/α,β-unsaturated/α-hetero) is 1. The number of fused-ring (bicyclic) bond motifs is 7. The molecule has 5 aliphatic carbocycles. The molecule has 2 N–H and O–H groups in total. The minimum absolute atomic E-state index is 0.0366. The van der Waals surface area contributed by atoms with Crippen LogP contribution in [0.15, 0.2) is 23.3 Å². The van der Waals surface area contributed by atoms with E-state index in [-0.39, 0.29) is 62.6 Å². The standard InChI is InChI=1S/C29H40N2O2/c1-17-19-7-8-27(5)22(26(19,4)14-18(16-30)24(17)33)13-21(32)23-20-15-25(2,3)9-11-29(20,31)12-10-28(23,27)6/h13-14,17,19-20,23H,7-12,15,31H2,1-6H3/t17-,19?,20?,23?,26-,27+,28+,29-/m0/s1. The van der Waals surface area contributed by atoms with Crippen LogP contribution >= 0.6 is 0 Å². The van der Waals surface area contributed by atoms with Gasteiger partial charge in [0.2, 0.25) is 0 Å². The Labute approximate surface area is 199 Å². The van der Waals surface area contributed by atoms with E-state index in [9.17, 15) is 14.9 Å². The minimum Gasteiger partial charge on any atom is -0.325 e. The van der Waals surface area contributed by atoms with Crippen molar-refractivity contribution in [3.05, 3.63) is 23.3 Å². The van der Waals surface area contributed by atoms with Gasteiger partial charge in [0.05, 0.1) is 5.57 Å². The second kappa shape index (κ2) is 6.69. The summed E-state index contributed by atoms with van der Waals surface area (Å²) in [5, 5.41) is 9.70. The quantitative estimate of drug-likeness (QED) is 0.528. The van der Waals surface area contributed by atoms with Crippen LogP contribution in [-0.4, -0.2) is 17.1 Å². The highest BCUT2D eigenvalue weighted by Gasteiger charge is 2.68. The van der Waals surface area contributed by atoms with Crippen LogP contribution < -0.4 is 5.73 Å². The molecule has 3 unspecified atom stereocenters. The van der Waals surface area contributed by atoms with Gasteiger partial charge in [-0.1, -0.05) is 53.2 Å². The number of hydrogen-bond donors (Lipinski definition) is 1. The lowest BCUT2D eigenvalue weighted by Gasteiger charge is -2.68. The summed E-state index contributed by atoms with van der Waals surface area (Å²) in [5.74, 6) is 0.311. The molecule has 0 aliphatic heterocycles. The highest BCUT2D eigenvalue weighted by atomic mass is 16.1. The van der Waals surface area contributed by atoms with E-state index in [1.807, 2.05) is 19.1 Å². The predicted octanol–water partition coefficient (Wildman–Crippen LogP) is 5.53. The van der Waals surface area contributed by atoms with Crippen molar-refractivity contribution in [2.75, 3.05) is 0 Å². The van der Waals surface area contributed by atoms with Crippen LogP contribution in [0.1, 0.15) is 86.5 Å². The number of ketones is 2. The lowest BCUT2D eigenvalue weighted by atomic mass is 9.36. The van der Waals surface area contributed by atoms with Gasteiger partial charge >= 0.3 is 0 Å². The molecule has 0 amide bonds. The van der Waals surface area contributed by atoms with Gasteiger partial charge in [-0.2, -0.15) is 5.26 Å². The monoisotopic (exact) mass is 448 g/mol. The van der Waals surface area contributed by atoms with Gasteiger partial charge in [-0.15, -0.1) is 0 Å². The van der Waals surface area contributed by atoms with E-state index in [2.05, 4.69) is 40.7 Å². The molecule has 3 fully saturated rings. The van der Waals surface area contributed by atoms with E-state index >= 15 is 0 Å². The number of carbonyl (C=O) groups is 2. The average Bonchev–Trinajstić information content (AvgIpc) is 2.74. The fraction of sp³-hybridized carbons (Fsp3) is 0.759. The average molecular weight is 449 g/mol. The highest BCUT2D eigenvalue weighted by molar-refractivity contribution is 6.02. The third-order valence-electron chi connectivity index (χ3n) is 11.6. The first-order chi connectivity index (χ1) is 15.2. The van der Waals surface area contributed by atoms with Crippen molar-refractivity contribution in [1.82, 2.24) is 0 Å². The van der Waals surface area contributed by atoms with Crippen LogP contribution in [0.3, 0.4) is 0 Å². The zero-order valence-electron chi connectivity index (χ0n) is 21.3. The van der Waals surface area contributed by atoms with Crippen LogP contribution in [0.25, 0.3) is 0 Å². The summed E-state index contributed by atoms with van der Waals surface area (Å²) < 4.78 is 0. The van der Waals surface area contributed by atoms with Crippen LogP contribution in [-0.2, 0) is 9.59 Å². The lowest BCUT2D eigenvalue weighted by molar-refractivity contribution is -0.156. The van der Waals surface area contributed by atoms with Gasteiger partial charge in [0, 0.05) is 22.8 Å². The number of nitrogens with two attached hydrogens (primary N) is 1. The molecule has 5 rings (SSSR count). The maximum Gasteiger partial charge on any atom is 0.176 e. The second-order valence-corrected chi connectivity index (χ2v) is 13.6. The maximum absolute atomic E-state index is 14.1. The van der Waals surface area contributed by atoms with E-state index < -0.39 is 5.41 Å². The molecule has 0 aromatic heterocycles. The zero-order valence-corrected chi connectivity index (χ0v) is 21.3. The second-order valence-electron chi connectivity index (χ2n) is 13.6. The van der Waals surface area contributed by atoms with Gasteiger partial charge < -0.3 is 5.73 Å². The molecule has 0 spiro atoms. The summed E-state index contributed by atoms with van der Waals surface area (Å²) in [7, 11) is 0. The normalized spacial score (nSPS) is 50.6. The molecule has 5 aliphatic rings. The van der Waals surface area contributed by atoms with Crippen molar-refractivity contribution < 1.29 is 9.59 Å². The Kier molecular flexibility index (Phi) is 4.67. The van der Waals surface area contributed by atoms with E-state index in [4.69, 9.17) is 5.73 Å². The van der Waals surface area contributed by atoms with Gasteiger partial charge in [-0.3, -0.25) is 9.59 Å². The Morgan fingerprint density at radius 1 is 1.00 bits per heavy atom. The molecular weight excluding hydrogens is 408 g/mol. The minimum atomic E-state index is -0.432. The molecule has 0 radical (unpaired) electrons.